The molecule has 0 fully saturated rings. The van der Waals surface area contributed by atoms with Gasteiger partial charge in [-0.1, -0.05) is 23.7 Å². The van der Waals surface area contributed by atoms with E-state index in [1.54, 1.807) is 0 Å². The third-order valence-electron chi connectivity index (χ3n) is 2.91. The Balaban J connectivity index is 0.00000400. The Bertz CT molecular complexity index is 435. The lowest BCUT2D eigenvalue weighted by Crippen LogP contribution is -2.43. The second-order valence-electron chi connectivity index (χ2n) is 5.14. The topological polar surface area (TPSA) is 36.4 Å². The number of halogens is 2. The van der Waals surface area contributed by atoms with Crippen molar-refractivity contribution in [2.75, 3.05) is 19.3 Å². The summed E-state index contributed by atoms with van der Waals surface area (Å²) in [6.45, 7) is 8.87. The first-order valence-electron chi connectivity index (χ1n) is 6.78. The molecule has 120 valence electrons. The fourth-order valence-corrected chi connectivity index (χ4v) is 1.81. The molecular weight excluding hydrogens is 417 g/mol. The molecule has 0 aromatic heterocycles. The molecule has 0 amide bonds. The molecule has 21 heavy (non-hydrogen) atoms. The highest BCUT2D eigenvalue weighted by atomic mass is 127. The smallest absolute Gasteiger partial charge is 0.191 e. The Morgan fingerprint density at radius 2 is 1.86 bits per heavy atom. The lowest BCUT2D eigenvalue weighted by molar-refractivity contribution is 0.665. The van der Waals surface area contributed by atoms with Gasteiger partial charge in [0, 0.05) is 22.9 Å². The summed E-state index contributed by atoms with van der Waals surface area (Å²) < 4.78 is 0.191. The molecular formula is C15H25ClIN3S. The lowest BCUT2D eigenvalue weighted by Gasteiger charge is -2.23. The molecule has 0 aliphatic carbocycles. The van der Waals surface area contributed by atoms with E-state index >= 15 is 0 Å². The van der Waals surface area contributed by atoms with Crippen LogP contribution in [0.25, 0.3) is 0 Å². The van der Waals surface area contributed by atoms with Crippen LogP contribution in [0.2, 0.25) is 5.02 Å². The van der Waals surface area contributed by atoms with Crippen molar-refractivity contribution >= 4 is 53.3 Å². The summed E-state index contributed by atoms with van der Waals surface area (Å²) in [5.41, 5.74) is 1.15. The SMILES string of the molecule is CCNC(=NCc1ccc(Cl)cc1)NCC(C)(C)SC.I. The Kier molecular flexibility index (Phi) is 10.5. The molecule has 0 aliphatic heterocycles. The zero-order valence-corrected chi connectivity index (χ0v) is 17.0. The second-order valence-corrected chi connectivity index (χ2v) is 7.09. The van der Waals surface area contributed by atoms with Crippen LogP contribution in [0.1, 0.15) is 26.3 Å². The zero-order chi connectivity index (χ0) is 15.0. The van der Waals surface area contributed by atoms with E-state index in [4.69, 9.17) is 11.6 Å². The summed E-state index contributed by atoms with van der Waals surface area (Å²) in [6, 6.07) is 7.79. The van der Waals surface area contributed by atoms with E-state index in [0.29, 0.717) is 6.54 Å². The van der Waals surface area contributed by atoms with Crippen molar-refractivity contribution in [1.29, 1.82) is 0 Å². The van der Waals surface area contributed by atoms with Gasteiger partial charge >= 0.3 is 0 Å². The molecule has 0 saturated heterocycles. The number of nitrogens with one attached hydrogen (secondary N) is 2. The summed E-state index contributed by atoms with van der Waals surface area (Å²) in [4.78, 5) is 4.59. The molecule has 0 spiro atoms. The van der Waals surface area contributed by atoms with E-state index in [-0.39, 0.29) is 28.7 Å². The fourth-order valence-electron chi connectivity index (χ4n) is 1.47. The van der Waals surface area contributed by atoms with Gasteiger partial charge in [-0.25, -0.2) is 4.99 Å². The maximum atomic E-state index is 5.88. The second kappa shape index (κ2) is 10.6. The van der Waals surface area contributed by atoms with Gasteiger partial charge in [-0.15, -0.1) is 24.0 Å². The quantitative estimate of drug-likeness (QED) is 0.395. The first-order valence-corrected chi connectivity index (χ1v) is 8.39. The van der Waals surface area contributed by atoms with Crippen molar-refractivity contribution in [2.45, 2.75) is 32.1 Å². The minimum atomic E-state index is 0. The molecule has 0 aliphatic rings. The van der Waals surface area contributed by atoms with Crippen molar-refractivity contribution in [2.24, 2.45) is 4.99 Å². The van der Waals surface area contributed by atoms with Gasteiger partial charge in [-0.05, 0) is 44.7 Å². The number of hydrogen-bond donors (Lipinski definition) is 2. The Morgan fingerprint density at radius 1 is 1.24 bits per heavy atom. The van der Waals surface area contributed by atoms with Crippen LogP contribution in [-0.4, -0.2) is 30.1 Å². The molecule has 0 unspecified atom stereocenters. The van der Waals surface area contributed by atoms with E-state index in [2.05, 4.69) is 42.7 Å². The maximum absolute atomic E-state index is 5.88. The zero-order valence-electron chi connectivity index (χ0n) is 13.1. The summed E-state index contributed by atoms with van der Waals surface area (Å²) in [7, 11) is 0. The van der Waals surface area contributed by atoms with Crippen molar-refractivity contribution in [3.8, 4) is 0 Å². The van der Waals surface area contributed by atoms with Crippen LogP contribution in [0, 0.1) is 0 Å². The van der Waals surface area contributed by atoms with Crippen LogP contribution in [0.15, 0.2) is 29.3 Å². The summed E-state index contributed by atoms with van der Waals surface area (Å²) in [6.07, 6.45) is 2.12. The Morgan fingerprint density at radius 3 is 2.38 bits per heavy atom. The number of benzene rings is 1. The van der Waals surface area contributed by atoms with Gasteiger partial charge in [0.25, 0.3) is 0 Å². The largest absolute Gasteiger partial charge is 0.357 e. The molecule has 0 saturated carbocycles. The Labute approximate surface area is 154 Å². The predicted molar refractivity (Wildman–Crippen MR) is 107 cm³/mol. The molecule has 1 rings (SSSR count). The van der Waals surface area contributed by atoms with Gasteiger partial charge in [-0.2, -0.15) is 11.8 Å². The number of nitrogens with zero attached hydrogens (tertiary/aromatic N) is 1. The monoisotopic (exact) mass is 441 g/mol. The van der Waals surface area contributed by atoms with Crippen LogP contribution in [0.3, 0.4) is 0 Å². The minimum Gasteiger partial charge on any atom is -0.357 e. The van der Waals surface area contributed by atoms with Crippen molar-refractivity contribution < 1.29 is 0 Å². The maximum Gasteiger partial charge on any atom is 0.191 e. The standard InChI is InChI=1S/C15H24ClN3S.HI/c1-5-17-14(19-11-15(2,3)20-4)18-10-12-6-8-13(16)9-7-12;/h6-9H,5,10-11H2,1-4H3,(H2,17,18,19);1H. The van der Waals surface area contributed by atoms with E-state index in [9.17, 15) is 0 Å². The van der Waals surface area contributed by atoms with E-state index < -0.39 is 0 Å². The molecule has 0 bridgehead atoms. The number of guanidine groups is 1. The van der Waals surface area contributed by atoms with Gasteiger partial charge < -0.3 is 10.6 Å². The van der Waals surface area contributed by atoms with E-state index in [1.807, 2.05) is 36.0 Å². The predicted octanol–water partition coefficient (Wildman–Crippen LogP) is 4.15. The molecule has 1 aromatic rings. The molecule has 3 nitrogen and oxygen atoms in total. The highest BCUT2D eigenvalue weighted by molar-refractivity contribution is 14.0. The number of aliphatic imine (C=N–C) groups is 1. The number of thioether (sulfide) groups is 1. The van der Waals surface area contributed by atoms with Crippen LogP contribution < -0.4 is 10.6 Å². The van der Waals surface area contributed by atoms with Crippen LogP contribution in [-0.2, 0) is 6.54 Å². The van der Waals surface area contributed by atoms with Crippen molar-refractivity contribution in [1.82, 2.24) is 10.6 Å². The molecule has 0 radical (unpaired) electrons. The molecule has 1 aromatic carbocycles. The van der Waals surface area contributed by atoms with Crippen LogP contribution in [0.4, 0.5) is 0 Å². The van der Waals surface area contributed by atoms with Crippen molar-refractivity contribution in [3.05, 3.63) is 34.9 Å². The van der Waals surface area contributed by atoms with E-state index in [1.165, 1.54) is 0 Å². The summed E-state index contributed by atoms with van der Waals surface area (Å²) in [5.74, 6) is 0.851. The lowest BCUT2D eigenvalue weighted by atomic mass is 10.2. The third-order valence-corrected chi connectivity index (χ3v) is 4.41. The highest BCUT2D eigenvalue weighted by Crippen LogP contribution is 2.19. The highest BCUT2D eigenvalue weighted by Gasteiger charge is 2.15. The first kappa shape index (κ1) is 20.9. The van der Waals surface area contributed by atoms with Crippen LogP contribution >= 0.6 is 47.3 Å². The number of rotatable bonds is 6. The van der Waals surface area contributed by atoms with Gasteiger partial charge in [0.1, 0.15) is 0 Å². The van der Waals surface area contributed by atoms with Gasteiger partial charge in [0.2, 0.25) is 0 Å². The molecule has 0 atom stereocenters. The molecule has 0 heterocycles. The average Bonchev–Trinajstić information content (AvgIpc) is 2.44. The Hall–Kier alpha value is -0.140. The normalized spacial score (nSPS) is 11.8. The first-order chi connectivity index (χ1) is 9.46. The average molecular weight is 442 g/mol. The molecule has 6 heteroatoms. The fraction of sp³-hybridized carbons (Fsp3) is 0.533. The minimum absolute atomic E-state index is 0. The van der Waals surface area contributed by atoms with Gasteiger partial charge in [0.05, 0.1) is 6.54 Å². The molecule has 2 N–H and O–H groups in total. The summed E-state index contributed by atoms with van der Waals surface area (Å²) in [5, 5.41) is 7.40. The summed E-state index contributed by atoms with van der Waals surface area (Å²) >= 11 is 7.72. The third kappa shape index (κ3) is 8.78. The van der Waals surface area contributed by atoms with Gasteiger partial charge in [0.15, 0.2) is 5.96 Å². The van der Waals surface area contributed by atoms with Crippen molar-refractivity contribution in [3.63, 3.8) is 0 Å². The van der Waals surface area contributed by atoms with E-state index in [0.717, 1.165) is 29.6 Å². The number of hydrogen-bond acceptors (Lipinski definition) is 2. The van der Waals surface area contributed by atoms with Gasteiger partial charge in [-0.3, -0.25) is 0 Å². The van der Waals surface area contributed by atoms with Crippen LogP contribution in [0.5, 0.6) is 0 Å².